The molecule has 178 valence electrons. The summed E-state index contributed by atoms with van der Waals surface area (Å²) in [5.74, 6) is -1.01. The Labute approximate surface area is 208 Å². The first kappa shape index (κ1) is 23.0. The van der Waals surface area contributed by atoms with Crippen LogP contribution >= 0.6 is 22.7 Å². The number of para-hydroxylation sites is 1. The number of carbonyl (C=O) groups excluding carboxylic acids is 1. The van der Waals surface area contributed by atoms with Gasteiger partial charge in [-0.3, -0.25) is 9.20 Å². The molecule has 0 saturated carbocycles. The summed E-state index contributed by atoms with van der Waals surface area (Å²) < 4.78 is 16.1. The Morgan fingerprint density at radius 2 is 1.97 bits per heavy atom. The smallest absolute Gasteiger partial charge is 0.265 e. The number of nitrogens with zero attached hydrogens (tertiary/aromatic N) is 4. The van der Waals surface area contributed by atoms with E-state index in [0.29, 0.717) is 10.0 Å². The number of imidazole rings is 1. The molecule has 0 aliphatic heterocycles. The summed E-state index contributed by atoms with van der Waals surface area (Å²) >= 11 is 2.73. The number of nitrogen functional groups attached to an aromatic ring is 1. The van der Waals surface area contributed by atoms with Crippen LogP contribution in [0.3, 0.4) is 0 Å². The van der Waals surface area contributed by atoms with Crippen molar-refractivity contribution in [3.8, 4) is 10.6 Å². The molecule has 0 aliphatic rings. The fourth-order valence-corrected chi connectivity index (χ4v) is 5.35. The fourth-order valence-electron chi connectivity index (χ4n) is 3.65. The van der Waals surface area contributed by atoms with E-state index < -0.39 is 11.7 Å². The van der Waals surface area contributed by atoms with Crippen LogP contribution in [0.15, 0.2) is 61.1 Å². The molecule has 4 heterocycles. The second-order valence-corrected chi connectivity index (χ2v) is 10.2. The molecule has 8 nitrogen and oxygen atoms in total. The van der Waals surface area contributed by atoms with E-state index in [9.17, 15) is 9.18 Å². The summed E-state index contributed by atoms with van der Waals surface area (Å²) in [6.45, 7) is 0.800. The second kappa shape index (κ2) is 9.45. The number of amides is 1. The lowest BCUT2D eigenvalue weighted by Crippen LogP contribution is -2.13. The van der Waals surface area contributed by atoms with Gasteiger partial charge in [-0.15, -0.1) is 11.3 Å². The third kappa shape index (κ3) is 4.74. The number of fused-ring (bicyclic) bond motifs is 1. The number of pyridine rings is 1. The minimum Gasteiger partial charge on any atom is -0.397 e. The lowest BCUT2D eigenvalue weighted by Gasteiger charge is -2.10. The molecule has 4 N–H and O–H groups in total. The Kier molecular flexibility index (Phi) is 6.20. The van der Waals surface area contributed by atoms with Gasteiger partial charge in [-0.05, 0) is 44.4 Å². The number of anilines is 4. The average molecular weight is 508 g/mol. The average Bonchev–Trinajstić information content (AvgIpc) is 3.56. The van der Waals surface area contributed by atoms with E-state index in [4.69, 9.17) is 5.73 Å². The second-order valence-electron chi connectivity index (χ2n) is 8.09. The van der Waals surface area contributed by atoms with Crippen molar-refractivity contribution in [1.29, 1.82) is 0 Å². The largest absolute Gasteiger partial charge is 0.397 e. The Morgan fingerprint density at radius 3 is 2.77 bits per heavy atom. The van der Waals surface area contributed by atoms with Crippen molar-refractivity contribution in [3.63, 3.8) is 0 Å². The highest BCUT2D eigenvalue weighted by Gasteiger charge is 2.16. The number of nitrogens with one attached hydrogen (secondary N) is 2. The molecule has 35 heavy (non-hydrogen) atoms. The maximum atomic E-state index is 14.0. The third-order valence-electron chi connectivity index (χ3n) is 5.21. The summed E-state index contributed by atoms with van der Waals surface area (Å²) in [6, 6.07) is 11.8. The van der Waals surface area contributed by atoms with Crippen LogP contribution in [-0.4, -0.2) is 39.3 Å². The zero-order chi connectivity index (χ0) is 24.5. The first-order valence-corrected chi connectivity index (χ1v) is 12.3. The highest BCUT2D eigenvalue weighted by atomic mass is 32.1. The number of nitrogens with two attached hydrogens (primary N) is 1. The van der Waals surface area contributed by atoms with Crippen molar-refractivity contribution in [2.75, 3.05) is 30.5 Å². The monoisotopic (exact) mass is 507 g/mol. The van der Waals surface area contributed by atoms with Crippen LogP contribution in [0.1, 0.15) is 15.2 Å². The van der Waals surface area contributed by atoms with E-state index in [-0.39, 0.29) is 11.4 Å². The first-order chi connectivity index (χ1) is 16.9. The quantitative estimate of drug-likeness (QED) is 0.259. The lowest BCUT2D eigenvalue weighted by atomic mass is 10.2. The van der Waals surface area contributed by atoms with E-state index in [0.717, 1.165) is 33.3 Å². The van der Waals surface area contributed by atoms with Crippen molar-refractivity contribution in [2.24, 2.45) is 0 Å². The molecule has 0 fully saturated rings. The molecule has 5 rings (SSSR count). The van der Waals surface area contributed by atoms with E-state index >= 15 is 0 Å². The Bertz CT molecular complexity index is 1500. The van der Waals surface area contributed by atoms with Gasteiger partial charge >= 0.3 is 0 Å². The van der Waals surface area contributed by atoms with Gasteiger partial charge in [0.1, 0.15) is 17.2 Å². The Morgan fingerprint density at radius 1 is 1.11 bits per heavy atom. The third-order valence-corrected chi connectivity index (χ3v) is 7.14. The molecule has 0 unspecified atom stereocenters. The molecule has 11 heteroatoms. The molecular formula is C24H22FN7OS2. The molecule has 0 spiro atoms. The van der Waals surface area contributed by atoms with E-state index in [1.54, 1.807) is 18.3 Å². The molecule has 5 aromatic rings. The van der Waals surface area contributed by atoms with Crippen LogP contribution in [0.4, 0.5) is 25.9 Å². The number of hydrogen-bond acceptors (Lipinski definition) is 8. The van der Waals surface area contributed by atoms with Gasteiger partial charge in [-0.25, -0.2) is 14.4 Å². The maximum Gasteiger partial charge on any atom is 0.265 e. The zero-order valence-corrected chi connectivity index (χ0v) is 20.6. The van der Waals surface area contributed by atoms with Gasteiger partial charge in [-0.2, -0.15) is 0 Å². The maximum absolute atomic E-state index is 14.0. The fraction of sp³-hybridized carbons (Fsp3) is 0.125. The van der Waals surface area contributed by atoms with Crippen LogP contribution in [0.25, 0.3) is 16.2 Å². The van der Waals surface area contributed by atoms with Gasteiger partial charge in [0.15, 0.2) is 5.13 Å². The molecule has 0 aliphatic carbocycles. The van der Waals surface area contributed by atoms with Crippen molar-refractivity contribution < 1.29 is 9.18 Å². The summed E-state index contributed by atoms with van der Waals surface area (Å²) in [5, 5.41) is 7.22. The van der Waals surface area contributed by atoms with Gasteiger partial charge in [0, 0.05) is 24.5 Å². The van der Waals surface area contributed by atoms with Crippen LogP contribution in [0.2, 0.25) is 0 Å². The van der Waals surface area contributed by atoms with Gasteiger partial charge in [0.2, 0.25) is 0 Å². The summed E-state index contributed by atoms with van der Waals surface area (Å²) in [7, 11) is 4.06. The molecule has 1 aromatic carbocycles. The van der Waals surface area contributed by atoms with Crippen LogP contribution < -0.4 is 16.4 Å². The SMILES string of the molecule is CN(C)Cc1cccn2c(-c3cnc(Nc4ccc(C(=O)Nc5c(N)cccc5F)s4)s3)cnc12. The van der Waals surface area contributed by atoms with Gasteiger partial charge in [0.05, 0.1) is 32.3 Å². The predicted octanol–water partition coefficient (Wildman–Crippen LogP) is 5.30. The molecule has 0 radical (unpaired) electrons. The normalized spacial score (nSPS) is 11.3. The number of halogens is 1. The molecule has 1 amide bonds. The van der Waals surface area contributed by atoms with Crippen molar-refractivity contribution in [3.05, 3.63) is 77.3 Å². The molecule has 0 bridgehead atoms. The topological polar surface area (TPSA) is 101 Å². The number of thiazole rings is 1. The van der Waals surface area contributed by atoms with Crippen molar-refractivity contribution in [2.45, 2.75) is 6.54 Å². The molecule has 0 saturated heterocycles. The number of benzene rings is 1. The predicted molar refractivity (Wildman–Crippen MR) is 140 cm³/mol. The van der Waals surface area contributed by atoms with Gasteiger partial charge < -0.3 is 21.3 Å². The summed E-state index contributed by atoms with van der Waals surface area (Å²) in [5.41, 5.74) is 8.96. The van der Waals surface area contributed by atoms with Crippen LogP contribution in [0.5, 0.6) is 0 Å². The summed E-state index contributed by atoms with van der Waals surface area (Å²) in [4.78, 5) is 25.2. The number of carbonyl (C=O) groups is 1. The highest BCUT2D eigenvalue weighted by molar-refractivity contribution is 7.20. The minimum absolute atomic E-state index is 0.0215. The molecule has 4 aromatic heterocycles. The number of hydrogen-bond donors (Lipinski definition) is 3. The van der Waals surface area contributed by atoms with E-state index in [1.165, 1.54) is 40.9 Å². The van der Waals surface area contributed by atoms with E-state index in [1.807, 2.05) is 32.6 Å². The van der Waals surface area contributed by atoms with Gasteiger partial charge in [0.25, 0.3) is 5.91 Å². The summed E-state index contributed by atoms with van der Waals surface area (Å²) in [6.07, 6.45) is 5.65. The van der Waals surface area contributed by atoms with Crippen LogP contribution in [-0.2, 0) is 6.54 Å². The van der Waals surface area contributed by atoms with Crippen LogP contribution in [0, 0.1) is 5.82 Å². The number of aromatic nitrogens is 3. The lowest BCUT2D eigenvalue weighted by molar-refractivity contribution is 0.103. The molecule has 0 atom stereocenters. The van der Waals surface area contributed by atoms with Gasteiger partial charge in [-0.1, -0.05) is 23.5 Å². The number of thiophene rings is 1. The van der Waals surface area contributed by atoms with Crippen molar-refractivity contribution >= 4 is 55.7 Å². The first-order valence-electron chi connectivity index (χ1n) is 10.7. The Balaban J connectivity index is 1.32. The molecular weight excluding hydrogens is 485 g/mol. The Hall–Kier alpha value is -3.80. The highest BCUT2D eigenvalue weighted by Crippen LogP contribution is 2.34. The minimum atomic E-state index is -0.579. The van der Waals surface area contributed by atoms with E-state index in [2.05, 4.69) is 36.0 Å². The zero-order valence-electron chi connectivity index (χ0n) is 18.9. The standard InChI is InChI=1S/C24H22FN7OS2/c1-31(2)13-14-5-4-10-32-17(11-27-22(14)32)19-12-28-24(35-19)29-20-9-8-18(34-20)23(33)30-21-15(25)6-3-7-16(21)26/h3-12H,13,26H2,1-2H3,(H,28,29)(H,30,33). The van der Waals surface area contributed by atoms with Crippen molar-refractivity contribution in [1.82, 2.24) is 19.3 Å². The number of rotatable bonds is 7.